The standard InChI is InChI=1S/C45H46F4N10O5/c46-33-17-23(29-18-30-35(19-32(29)45(47,48)49)53-22-31(41(61)56-24-6-7-24)39(30)55-26-20-51-21-26)5-8-27(33)40(60)52-13-2-14-58-15-11-25(12-16-58)54-34-4-1-3-28-38(34)44(64)59(43(28)63)36-9-10-37(50)57-42(36)62/h1,3-5,8,17-19,22,24-26,36,51,54H,2,6-7,9-16,20-21H2,(H,52,60)(H,53,55)(H,56,61)(H2,50,57,62). The molecule has 5 amide bonds. The number of aromatic nitrogens is 1. The number of fused-ring (bicyclic) bond motifs is 2. The van der Waals surface area contributed by atoms with Gasteiger partial charge in [0.1, 0.15) is 17.7 Å². The lowest BCUT2D eigenvalue weighted by Gasteiger charge is -2.33. The van der Waals surface area contributed by atoms with Crippen LogP contribution in [0.3, 0.4) is 0 Å². The first-order valence-corrected chi connectivity index (χ1v) is 21.5. The molecule has 4 aliphatic heterocycles. The van der Waals surface area contributed by atoms with Gasteiger partial charge in [0.25, 0.3) is 29.5 Å². The van der Waals surface area contributed by atoms with E-state index in [1.807, 2.05) is 0 Å². The van der Waals surface area contributed by atoms with Crippen LogP contribution in [0.5, 0.6) is 0 Å². The average molecular weight is 883 g/mol. The SMILES string of the molecule is NC1=NC(=O)C(N2C(=O)c3cccc(NC4CCN(CCCNC(=O)c5ccc(-c6cc7c(NC8CNC8)c(C(=O)NC8CC8)cnc7cc6C(F)(F)F)cc5F)CC4)c3C2=O)CC1. The van der Waals surface area contributed by atoms with Gasteiger partial charge in [-0.25, -0.2) is 4.39 Å². The van der Waals surface area contributed by atoms with E-state index in [2.05, 4.69) is 41.5 Å². The Morgan fingerprint density at radius 2 is 1.64 bits per heavy atom. The minimum atomic E-state index is -4.83. The number of aliphatic imine (C=N–C) groups is 1. The third-order valence-electron chi connectivity index (χ3n) is 12.5. The summed E-state index contributed by atoms with van der Waals surface area (Å²) in [5.41, 5.74) is 5.47. The Morgan fingerprint density at radius 3 is 2.33 bits per heavy atom. The summed E-state index contributed by atoms with van der Waals surface area (Å²) < 4.78 is 59.3. The molecule has 334 valence electrons. The number of amidine groups is 1. The number of halogens is 4. The van der Waals surface area contributed by atoms with Gasteiger partial charge in [0, 0.05) is 68.5 Å². The fourth-order valence-corrected chi connectivity index (χ4v) is 8.74. The van der Waals surface area contributed by atoms with Crippen molar-refractivity contribution < 1.29 is 41.5 Å². The maximum atomic E-state index is 15.7. The van der Waals surface area contributed by atoms with Gasteiger partial charge in [0.15, 0.2) is 0 Å². The predicted octanol–water partition coefficient (Wildman–Crippen LogP) is 4.67. The second-order valence-corrected chi connectivity index (χ2v) is 17.0. The number of likely N-dealkylation sites (tertiary alicyclic amines) is 1. The number of piperidine rings is 1. The highest BCUT2D eigenvalue weighted by molar-refractivity contribution is 6.25. The zero-order valence-electron chi connectivity index (χ0n) is 34.6. The Morgan fingerprint density at radius 1 is 0.859 bits per heavy atom. The number of nitrogens with one attached hydrogen (secondary N) is 5. The maximum Gasteiger partial charge on any atom is 0.417 e. The van der Waals surface area contributed by atoms with Gasteiger partial charge < -0.3 is 37.2 Å². The Labute approximate surface area is 364 Å². The first-order valence-electron chi connectivity index (χ1n) is 21.5. The fourth-order valence-electron chi connectivity index (χ4n) is 8.74. The number of benzene rings is 3. The predicted molar refractivity (Wildman–Crippen MR) is 230 cm³/mol. The van der Waals surface area contributed by atoms with Crippen molar-refractivity contribution in [1.82, 2.24) is 30.7 Å². The molecule has 15 nitrogen and oxygen atoms in total. The number of pyridine rings is 1. The highest BCUT2D eigenvalue weighted by Crippen LogP contribution is 2.42. The van der Waals surface area contributed by atoms with Crippen molar-refractivity contribution in [2.24, 2.45) is 10.7 Å². The van der Waals surface area contributed by atoms with Gasteiger partial charge in [-0.15, -0.1) is 0 Å². The monoisotopic (exact) mass is 882 g/mol. The van der Waals surface area contributed by atoms with E-state index >= 15 is 4.39 Å². The fraction of sp³-hybridized carbons (Fsp3) is 0.400. The summed E-state index contributed by atoms with van der Waals surface area (Å²) in [5.74, 6) is -3.59. The molecular weight excluding hydrogens is 837 g/mol. The van der Waals surface area contributed by atoms with E-state index in [0.717, 1.165) is 42.7 Å². The Bertz CT molecular complexity index is 2600. The molecule has 9 rings (SSSR count). The topological polar surface area (TPSA) is 203 Å². The zero-order valence-corrected chi connectivity index (χ0v) is 34.6. The highest BCUT2D eigenvalue weighted by Gasteiger charge is 2.45. The Balaban J connectivity index is 0.811. The molecule has 19 heteroatoms. The van der Waals surface area contributed by atoms with E-state index < -0.39 is 47.2 Å². The molecule has 1 aliphatic carbocycles. The molecule has 1 saturated carbocycles. The lowest BCUT2D eigenvalue weighted by atomic mass is 9.94. The van der Waals surface area contributed by atoms with Crippen LogP contribution in [0, 0.1) is 5.82 Å². The molecule has 0 spiro atoms. The number of nitrogens with two attached hydrogens (primary N) is 1. The molecule has 4 aromatic rings. The largest absolute Gasteiger partial charge is 0.417 e. The summed E-state index contributed by atoms with van der Waals surface area (Å²) in [5, 5.41) is 15.8. The van der Waals surface area contributed by atoms with Gasteiger partial charge in [-0.05, 0) is 92.6 Å². The van der Waals surface area contributed by atoms with Crippen LogP contribution in [-0.4, -0.2) is 114 Å². The molecule has 1 aromatic heterocycles. The molecule has 0 radical (unpaired) electrons. The van der Waals surface area contributed by atoms with Gasteiger partial charge in [0.05, 0.1) is 45.1 Å². The van der Waals surface area contributed by atoms with Gasteiger partial charge in [-0.1, -0.05) is 12.1 Å². The number of hydrogen-bond donors (Lipinski definition) is 6. The van der Waals surface area contributed by atoms with E-state index in [0.29, 0.717) is 56.9 Å². The smallest absolute Gasteiger partial charge is 0.387 e. The van der Waals surface area contributed by atoms with Crippen molar-refractivity contribution in [2.75, 3.05) is 49.9 Å². The maximum absolute atomic E-state index is 15.7. The van der Waals surface area contributed by atoms with Crippen molar-refractivity contribution in [2.45, 2.75) is 75.3 Å². The number of anilines is 2. The lowest BCUT2D eigenvalue weighted by molar-refractivity contribution is -0.137. The minimum Gasteiger partial charge on any atom is -0.387 e. The number of carbonyl (C=O) groups is 5. The first-order chi connectivity index (χ1) is 30.7. The van der Waals surface area contributed by atoms with Crippen LogP contribution in [0.25, 0.3) is 22.0 Å². The quantitative estimate of drug-likeness (QED) is 0.0619. The normalized spacial score (nSPS) is 19.6. The van der Waals surface area contributed by atoms with Crippen LogP contribution in [0.4, 0.5) is 28.9 Å². The highest BCUT2D eigenvalue weighted by atomic mass is 19.4. The third kappa shape index (κ3) is 8.60. The minimum absolute atomic E-state index is 0.00377. The van der Waals surface area contributed by atoms with Crippen LogP contribution in [0.15, 0.2) is 59.7 Å². The summed E-state index contributed by atoms with van der Waals surface area (Å²) in [7, 11) is 0. The number of carbonyl (C=O) groups excluding carboxylic acids is 5. The summed E-state index contributed by atoms with van der Waals surface area (Å²) in [6, 6.07) is 9.54. The van der Waals surface area contributed by atoms with Crippen LogP contribution in [0.1, 0.15) is 91.9 Å². The summed E-state index contributed by atoms with van der Waals surface area (Å²) in [6.07, 6.45) is 0.668. The molecule has 1 unspecified atom stereocenters. The van der Waals surface area contributed by atoms with Crippen molar-refractivity contribution >= 4 is 57.6 Å². The van der Waals surface area contributed by atoms with Crippen molar-refractivity contribution in [3.05, 3.63) is 88.4 Å². The van der Waals surface area contributed by atoms with Crippen molar-refractivity contribution in [3.63, 3.8) is 0 Å². The molecule has 3 fully saturated rings. The molecular formula is C45H46F4N10O5. The van der Waals surface area contributed by atoms with E-state index in [-0.39, 0.29) is 87.1 Å². The zero-order chi connectivity index (χ0) is 44.9. The van der Waals surface area contributed by atoms with Gasteiger partial charge in [0.2, 0.25) is 0 Å². The van der Waals surface area contributed by atoms with Crippen LogP contribution >= 0.6 is 0 Å². The van der Waals surface area contributed by atoms with E-state index in [4.69, 9.17) is 5.73 Å². The van der Waals surface area contributed by atoms with Gasteiger partial charge in [-0.3, -0.25) is 33.9 Å². The number of nitrogens with zero attached hydrogens (tertiary/aromatic N) is 4. The third-order valence-corrected chi connectivity index (χ3v) is 12.5. The first kappa shape index (κ1) is 42.8. The molecule has 3 aromatic carbocycles. The molecule has 0 bridgehead atoms. The van der Waals surface area contributed by atoms with Gasteiger partial charge in [-0.2, -0.15) is 18.2 Å². The molecule has 2 saturated heterocycles. The van der Waals surface area contributed by atoms with Crippen molar-refractivity contribution in [3.8, 4) is 11.1 Å². The number of hydrogen-bond acceptors (Lipinski definition) is 11. The van der Waals surface area contributed by atoms with E-state index in [9.17, 15) is 37.1 Å². The van der Waals surface area contributed by atoms with Crippen LogP contribution in [-0.2, 0) is 11.0 Å². The second-order valence-electron chi connectivity index (χ2n) is 17.0. The molecule has 1 atom stereocenters. The van der Waals surface area contributed by atoms with Crippen LogP contribution in [0.2, 0.25) is 0 Å². The molecule has 64 heavy (non-hydrogen) atoms. The second kappa shape index (κ2) is 17.2. The van der Waals surface area contributed by atoms with E-state index in [1.165, 1.54) is 24.4 Å². The number of alkyl halides is 3. The van der Waals surface area contributed by atoms with Crippen LogP contribution < -0.4 is 32.3 Å². The Hall–Kier alpha value is -6.47. The molecule has 5 heterocycles. The molecule has 7 N–H and O–H groups in total. The van der Waals surface area contributed by atoms with Gasteiger partial charge >= 0.3 is 6.18 Å². The summed E-state index contributed by atoms with van der Waals surface area (Å²) >= 11 is 0. The average Bonchev–Trinajstić information content (AvgIpc) is 4.03. The Kier molecular flexibility index (Phi) is 11.5. The number of imide groups is 1. The lowest BCUT2D eigenvalue weighted by Crippen LogP contribution is -2.51. The summed E-state index contributed by atoms with van der Waals surface area (Å²) in [4.78, 5) is 76.9. The van der Waals surface area contributed by atoms with E-state index in [1.54, 1.807) is 18.2 Å². The number of amides is 5. The van der Waals surface area contributed by atoms with Crippen molar-refractivity contribution in [1.29, 1.82) is 0 Å². The summed E-state index contributed by atoms with van der Waals surface area (Å²) in [6.45, 7) is 3.47. The molecule has 5 aliphatic rings. The number of rotatable bonds is 13.